The third-order valence-corrected chi connectivity index (χ3v) is 2.42. The zero-order valence-corrected chi connectivity index (χ0v) is 5.77. The van der Waals surface area contributed by atoms with Crippen molar-refractivity contribution in [2.45, 2.75) is 24.4 Å². The van der Waals surface area contributed by atoms with Crippen molar-refractivity contribution in [3.8, 4) is 6.07 Å². The van der Waals surface area contributed by atoms with Crippen LogP contribution in [0.25, 0.3) is 0 Å². The summed E-state index contributed by atoms with van der Waals surface area (Å²) in [6, 6.07) is 2.27. The summed E-state index contributed by atoms with van der Waals surface area (Å²) in [6.45, 7) is 0. The van der Waals surface area contributed by atoms with Crippen molar-refractivity contribution in [2.75, 3.05) is 0 Å². The minimum Gasteiger partial charge on any atom is -0.357 e. The Morgan fingerprint density at radius 1 is 1.67 bits per heavy atom. The SMILES string of the molecule is N#CC1(C2OC2S)CC1. The summed E-state index contributed by atoms with van der Waals surface area (Å²) in [5.41, 5.74) is -0.0703. The molecule has 1 heterocycles. The molecule has 9 heavy (non-hydrogen) atoms. The van der Waals surface area contributed by atoms with Crippen LogP contribution in [0.15, 0.2) is 0 Å². The largest absolute Gasteiger partial charge is 0.357 e. The third-order valence-electron chi connectivity index (χ3n) is 2.02. The maximum absolute atomic E-state index is 8.62. The first-order chi connectivity index (χ1) is 4.28. The molecule has 0 amide bonds. The van der Waals surface area contributed by atoms with Gasteiger partial charge in [0.25, 0.3) is 0 Å². The first-order valence-electron chi connectivity index (χ1n) is 3.03. The Hall–Kier alpha value is -0.200. The van der Waals surface area contributed by atoms with Crippen molar-refractivity contribution in [3.63, 3.8) is 0 Å². The van der Waals surface area contributed by atoms with Gasteiger partial charge in [-0.25, -0.2) is 0 Å². The lowest BCUT2D eigenvalue weighted by molar-refractivity contribution is 0.350. The molecule has 2 atom stereocenters. The normalized spacial score (nSPS) is 43.6. The van der Waals surface area contributed by atoms with Crippen LogP contribution in [0.3, 0.4) is 0 Å². The van der Waals surface area contributed by atoms with Gasteiger partial charge in [0.2, 0.25) is 0 Å². The molecule has 1 aliphatic heterocycles. The van der Waals surface area contributed by atoms with Crippen molar-refractivity contribution >= 4 is 12.6 Å². The molecule has 3 heteroatoms. The van der Waals surface area contributed by atoms with E-state index in [1.54, 1.807) is 0 Å². The van der Waals surface area contributed by atoms with Crippen molar-refractivity contribution in [2.24, 2.45) is 5.41 Å². The van der Waals surface area contributed by atoms with E-state index in [9.17, 15) is 0 Å². The van der Waals surface area contributed by atoms with Crippen LogP contribution in [0, 0.1) is 16.7 Å². The number of hydrogen-bond acceptors (Lipinski definition) is 3. The first-order valence-corrected chi connectivity index (χ1v) is 3.55. The van der Waals surface area contributed by atoms with Gasteiger partial charge in [-0.05, 0) is 12.8 Å². The predicted molar refractivity (Wildman–Crippen MR) is 34.9 cm³/mol. The highest BCUT2D eigenvalue weighted by Crippen LogP contribution is 2.56. The van der Waals surface area contributed by atoms with Crippen LogP contribution in [0.5, 0.6) is 0 Å². The Labute approximate surface area is 59.2 Å². The van der Waals surface area contributed by atoms with Crippen molar-refractivity contribution in [1.82, 2.24) is 0 Å². The quantitative estimate of drug-likeness (QED) is 0.436. The number of rotatable bonds is 1. The zero-order chi connectivity index (χ0) is 6.48. The van der Waals surface area contributed by atoms with Crippen molar-refractivity contribution in [1.29, 1.82) is 5.26 Å². The molecule has 1 saturated heterocycles. The Morgan fingerprint density at radius 3 is 2.33 bits per heavy atom. The summed E-state index contributed by atoms with van der Waals surface area (Å²) in [7, 11) is 0. The number of nitrogens with zero attached hydrogens (tertiary/aromatic N) is 1. The molecule has 0 radical (unpaired) electrons. The Bertz CT molecular complexity index is 182. The van der Waals surface area contributed by atoms with E-state index in [0.717, 1.165) is 12.8 Å². The Morgan fingerprint density at radius 2 is 2.22 bits per heavy atom. The number of ether oxygens (including phenoxy) is 1. The number of hydrogen-bond donors (Lipinski definition) is 1. The maximum Gasteiger partial charge on any atom is 0.128 e. The highest BCUT2D eigenvalue weighted by molar-refractivity contribution is 7.81. The van der Waals surface area contributed by atoms with E-state index in [2.05, 4.69) is 18.7 Å². The molecular formula is C6H7NOS. The monoisotopic (exact) mass is 141 g/mol. The molecule has 1 aliphatic carbocycles. The van der Waals surface area contributed by atoms with Gasteiger partial charge < -0.3 is 4.74 Å². The van der Waals surface area contributed by atoms with Crippen molar-refractivity contribution < 1.29 is 4.74 Å². The van der Waals surface area contributed by atoms with Crippen LogP contribution in [-0.4, -0.2) is 11.5 Å². The van der Waals surface area contributed by atoms with Gasteiger partial charge in [0.15, 0.2) is 0 Å². The topological polar surface area (TPSA) is 36.3 Å². The molecule has 2 rings (SSSR count). The molecule has 0 bridgehead atoms. The standard InChI is InChI=1S/C6H7NOS/c7-3-6(1-2-6)4-5(9)8-4/h4-5,9H,1-2H2. The summed E-state index contributed by atoms with van der Waals surface area (Å²) < 4.78 is 5.08. The summed E-state index contributed by atoms with van der Waals surface area (Å²) in [4.78, 5) is 0. The second-order valence-corrected chi connectivity index (χ2v) is 3.22. The molecule has 2 nitrogen and oxygen atoms in total. The fraction of sp³-hybridized carbons (Fsp3) is 0.833. The molecule has 0 spiro atoms. The van der Waals surface area contributed by atoms with Crippen LogP contribution in [0.2, 0.25) is 0 Å². The molecule has 2 unspecified atom stereocenters. The molecule has 0 aromatic heterocycles. The lowest BCUT2D eigenvalue weighted by Gasteiger charge is -1.94. The van der Waals surface area contributed by atoms with Crippen LogP contribution >= 0.6 is 12.6 Å². The minimum absolute atomic E-state index is 0.0483. The van der Waals surface area contributed by atoms with E-state index >= 15 is 0 Å². The summed E-state index contributed by atoms with van der Waals surface area (Å²) in [5, 5.41) is 8.62. The zero-order valence-electron chi connectivity index (χ0n) is 4.87. The van der Waals surface area contributed by atoms with Gasteiger partial charge in [-0.2, -0.15) is 5.26 Å². The molecule has 48 valence electrons. The third kappa shape index (κ3) is 0.669. The van der Waals surface area contributed by atoms with E-state index in [-0.39, 0.29) is 17.0 Å². The Balaban J connectivity index is 2.08. The van der Waals surface area contributed by atoms with E-state index < -0.39 is 0 Å². The average Bonchev–Trinajstić information content (AvgIpc) is 2.63. The van der Waals surface area contributed by atoms with Gasteiger partial charge in [-0.1, -0.05) is 0 Å². The van der Waals surface area contributed by atoms with Crippen LogP contribution in [0.4, 0.5) is 0 Å². The lowest BCUT2D eigenvalue weighted by Crippen LogP contribution is -2.06. The Kier molecular flexibility index (Phi) is 0.895. The molecule has 2 fully saturated rings. The van der Waals surface area contributed by atoms with Gasteiger partial charge in [-0.15, -0.1) is 12.6 Å². The molecular weight excluding hydrogens is 134 g/mol. The van der Waals surface area contributed by atoms with Crippen LogP contribution in [-0.2, 0) is 4.74 Å². The summed E-state index contributed by atoms with van der Waals surface area (Å²) >= 11 is 4.09. The second kappa shape index (κ2) is 1.44. The van der Waals surface area contributed by atoms with Gasteiger partial charge in [0.1, 0.15) is 11.5 Å². The number of epoxide rings is 1. The molecule has 0 aromatic carbocycles. The lowest BCUT2D eigenvalue weighted by atomic mass is 10.1. The first kappa shape index (κ1) is 5.57. The second-order valence-electron chi connectivity index (χ2n) is 2.72. The summed E-state index contributed by atoms with van der Waals surface area (Å²) in [5.74, 6) is 0. The highest BCUT2D eigenvalue weighted by atomic mass is 32.1. The molecule has 0 aromatic rings. The van der Waals surface area contributed by atoms with E-state index in [0.29, 0.717) is 0 Å². The average molecular weight is 141 g/mol. The van der Waals surface area contributed by atoms with E-state index in [1.807, 2.05) is 0 Å². The van der Waals surface area contributed by atoms with Gasteiger partial charge >= 0.3 is 0 Å². The smallest absolute Gasteiger partial charge is 0.128 e. The van der Waals surface area contributed by atoms with Gasteiger partial charge in [0, 0.05) is 0 Å². The number of thiol groups is 1. The van der Waals surface area contributed by atoms with Crippen LogP contribution < -0.4 is 0 Å². The maximum atomic E-state index is 8.62. The van der Waals surface area contributed by atoms with Gasteiger partial charge in [0.05, 0.1) is 11.5 Å². The minimum atomic E-state index is -0.119. The highest BCUT2D eigenvalue weighted by Gasteiger charge is 2.61. The van der Waals surface area contributed by atoms with E-state index in [4.69, 9.17) is 10.00 Å². The molecule has 0 N–H and O–H groups in total. The van der Waals surface area contributed by atoms with Gasteiger partial charge in [-0.3, -0.25) is 0 Å². The van der Waals surface area contributed by atoms with E-state index in [1.165, 1.54) is 0 Å². The number of nitriles is 1. The summed E-state index contributed by atoms with van der Waals surface area (Å²) in [6.07, 6.45) is 2.15. The molecule has 2 aliphatic rings. The fourth-order valence-corrected chi connectivity index (χ4v) is 1.52. The fourth-order valence-electron chi connectivity index (χ4n) is 1.10. The predicted octanol–water partition coefficient (Wildman–Crippen LogP) is 0.945. The van der Waals surface area contributed by atoms with Crippen molar-refractivity contribution in [3.05, 3.63) is 0 Å². The molecule has 1 saturated carbocycles. The van der Waals surface area contributed by atoms with Crippen LogP contribution in [0.1, 0.15) is 12.8 Å².